The molecule has 0 aliphatic rings. The van der Waals surface area contributed by atoms with Gasteiger partial charge in [-0.15, -0.1) is 11.3 Å². The van der Waals surface area contributed by atoms with E-state index < -0.39 is 0 Å². The van der Waals surface area contributed by atoms with Crippen LogP contribution in [-0.4, -0.2) is 9.13 Å². The van der Waals surface area contributed by atoms with E-state index in [0.29, 0.717) is 0 Å². The van der Waals surface area contributed by atoms with E-state index in [1.807, 2.05) is 11.3 Å². The van der Waals surface area contributed by atoms with Gasteiger partial charge in [0.15, 0.2) is 0 Å². The first kappa shape index (κ1) is 32.6. The molecule has 13 aromatic rings. The minimum absolute atomic E-state index is 1.17. The molecule has 0 fully saturated rings. The van der Waals surface area contributed by atoms with Crippen molar-refractivity contribution in [1.82, 2.24) is 9.13 Å². The fourth-order valence-electron chi connectivity index (χ4n) is 9.76. The standard InChI is InChI=1S/C56H34N2S/c1-2-13-40(14-3-1)57-51-19-9-6-16-43(51)48-30-37(26-28-53(48)57)38-27-29-54-49(31-38)44-17-7-10-20-52(44)58(54)41-33-47(56-50(34-41)45-18-8-11-21-55(45)59-56)39-25-24-36-23-22-35-12-4-5-15-42(35)46(36)32-39/h1-34H. The summed E-state index contributed by atoms with van der Waals surface area (Å²) >= 11 is 1.90. The molecule has 0 atom stereocenters. The number of hydrogen-bond donors (Lipinski definition) is 0. The van der Waals surface area contributed by atoms with E-state index in [2.05, 4.69) is 215 Å². The number of thiophene rings is 1. The summed E-state index contributed by atoms with van der Waals surface area (Å²) in [5.41, 5.74) is 12.1. The van der Waals surface area contributed by atoms with Crippen LogP contribution in [0.3, 0.4) is 0 Å². The average molecular weight is 767 g/mol. The van der Waals surface area contributed by atoms with Gasteiger partial charge in [0.1, 0.15) is 0 Å². The number of benzene rings is 10. The molecular formula is C56H34N2S. The van der Waals surface area contributed by atoms with Crippen molar-refractivity contribution in [2.24, 2.45) is 0 Å². The Kier molecular flexibility index (Phi) is 6.92. The number of aromatic nitrogens is 2. The number of hydrogen-bond acceptors (Lipinski definition) is 1. The second-order valence-corrected chi connectivity index (χ2v) is 16.7. The molecule has 2 nitrogen and oxygen atoms in total. The third kappa shape index (κ3) is 4.86. The van der Waals surface area contributed by atoms with Crippen molar-refractivity contribution in [2.45, 2.75) is 0 Å². The Morgan fingerprint density at radius 3 is 1.51 bits per heavy atom. The molecule has 3 heteroatoms. The van der Waals surface area contributed by atoms with Crippen LogP contribution in [0.1, 0.15) is 0 Å². The zero-order chi connectivity index (χ0) is 38.6. The number of rotatable bonds is 4. The molecule has 0 N–H and O–H groups in total. The van der Waals surface area contributed by atoms with E-state index in [1.165, 1.54) is 119 Å². The van der Waals surface area contributed by atoms with Gasteiger partial charge in [-0.05, 0) is 111 Å². The average Bonchev–Trinajstić information content (AvgIpc) is 3.96. The minimum atomic E-state index is 1.17. The third-order valence-corrected chi connectivity index (χ3v) is 13.7. The van der Waals surface area contributed by atoms with E-state index in [9.17, 15) is 0 Å². The SMILES string of the molecule is c1ccc(-n2c3ccccc3c3cc(-c4ccc5c(c4)c4ccccc4n5-c4cc(-c5ccc6ccc7ccccc7c6c5)c5sc6ccccc6c5c4)ccc32)cc1. The quantitative estimate of drug-likeness (QED) is 0.158. The Morgan fingerprint density at radius 2 is 0.797 bits per heavy atom. The second-order valence-electron chi connectivity index (χ2n) is 15.7. The van der Waals surface area contributed by atoms with Gasteiger partial charge in [-0.3, -0.25) is 0 Å². The maximum atomic E-state index is 2.48. The summed E-state index contributed by atoms with van der Waals surface area (Å²) in [6.07, 6.45) is 0. The van der Waals surface area contributed by atoms with E-state index in [0.717, 1.165) is 0 Å². The Hall–Kier alpha value is -7.46. The summed E-state index contributed by atoms with van der Waals surface area (Å²) < 4.78 is 7.49. The summed E-state index contributed by atoms with van der Waals surface area (Å²) in [4.78, 5) is 0. The van der Waals surface area contributed by atoms with Gasteiger partial charge in [-0.2, -0.15) is 0 Å². The molecule has 10 aromatic carbocycles. The molecule has 0 saturated carbocycles. The van der Waals surface area contributed by atoms with E-state index in [4.69, 9.17) is 0 Å². The Balaban J connectivity index is 1.03. The van der Waals surface area contributed by atoms with E-state index in [-0.39, 0.29) is 0 Å². The van der Waals surface area contributed by atoms with Crippen molar-refractivity contribution < 1.29 is 0 Å². The Morgan fingerprint density at radius 1 is 0.288 bits per heavy atom. The van der Waals surface area contributed by atoms with Crippen LogP contribution in [0.15, 0.2) is 206 Å². The van der Waals surface area contributed by atoms with Gasteiger partial charge in [-0.25, -0.2) is 0 Å². The fraction of sp³-hybridized carbons (Fsp3) is 0. The first-order chi connectivity index (χ1) is 29.2. The van der Waals surface area contributed by atoms with E-state index in [1.54, 1.807) is 0 Å². The summed E-state index contributed by atoms with van der Waals surface area (Å²) in [6.45, 7) is 0. The Bertz CT molecular complexity index is 3840. The summed E-state index contributed by atoms with van der Waals surface area (Å²) in [5.74, 6) is 0. The van der Waals surface area contributed by atoms with Gasteiger partial charge < -0.3 is 9.13 Å². The molecule has 3 heterocycles. The first-order valence-electron chi connectivity index (χ1n) is 20.2. The highest BCUT2D eigenvalue weighted by atomic mass is 32.1. The van der Waals surface area contributed by atoms with Crippen LogP contribution in [0, 0.1) is 0 Å². The van der Waals surface area contributed by atoms with Crippen LogP contribution in [-0.2, 0) is 0 Å². The highest BCUT2D eigenvalue weighted by molar-refractivity contribution is 7.26. The maximum absolute atomic E-state index is 2.48. The summed E-state index contributed by atoms with van der Waals surface area (Å²) in [6, 6.07) is 76.3. The maximum Gasteiger partial charge on any atom is 0.0541 e. The summed E-state index contributed by atoms with van der Waals surface area (Å²) in [5, 5.41) is 12.7. The largest absolute Gasteiger partial charge is 0.309 e. The molecule has 0 saturated heterocycles. The van der Waals surface area contributed by atoms with Crippen LogP contribution in [0.5, 0.6) is 0 Å². The van der Waals surface area contributed by atoms with Gasteiger partial charge >= 0.3 is 0 Å². The van der Waals surface area contributed by atoms with Crippen LogP contribution in [0.25, 0.3) is 119 Å². The van der Waals surface area contributed by atoms with Crippen molar-refractivity contribution in [3.8, 4) is 33.6 Å². The molecule has 13 rings (SSSR count). The number of para-hydroxylation sites is 3. The molecule has 0 aliphatic carbocycles. The van der Waals surface area contributed by atoms with E-state index >= 15 is 0 Å². The molecular weight excluding hydrogens is 733 g/mol. The molecule has 0 unspecified atom stereocenters. The normalized spacial score (nSPS) is 12.1. The van der Waals surface area contributed by atoms with Crippen LogP contribution in [0.2, 0.25) is 0 Å². The van der Waals surface area contributed by atoms with Crippen molar-refractivity contribution in [1.29, 1.82) is 0 Å². The zero-order valence-corrected chi connectivity index (χ0v) is 32.7. The van der Waals surface area contributed by atoms with Crippen molar-refractivity contribution in [2.75, 3.05) is 0 Å². The van der Waals surface area contributed by atoms with Gasteiger partial charge in [-0.1, -0.05) is 133 Å². The third-order valence-electron chi connectivity index (χ3n) is 12.5. The molecule has 0 spiro atoms. The molecule has 0 bridgehead atoms. The predicted octanol–water partition coefficient (Wildman–Crippen LogP) is 15.9. The molecule has 59 heavy (non-hydrogen) atoms. The van der Waals surface area contributed by atoms with Crippen molar-refractivity contribution >= 4 is 96.7 Å². The highest BCUT2D eigenvalue weighted by Gasteiger charge is 2.19. The van der Waals surface area contributed by atoms with Crippen molar-refractivity contribution in [3.05, 3.63) is 206 Å². The van der Waals surface area contributed by atoms with Gasteiger partial charge in [0.05, 0.1) is 22.1 Å². The summed E-state index contributed by atoms with van der Waals surface area (Å²) in [7, 11) is 0. The molecule has 274 valence electrons. The van der Waals surface area contributed by atoms with Crippen LogP contribution >= 0.6 is 11.3 Å². The highest BCUT2D eigenvalue weighted by Crippen LogP contribution is 2.45. The number of nitrogens with zero attached hydrogens (tertiary/aromatic N) is 2. The molecule has 3 aromatic heterocycles. The van der Waals surface area contributed by atoms with Gasteiger partial charge in [0, 0.05) is 58.7 Å². The minimum Gasteiger partial charge on any atom is -0.309 e. The topological polar surface area (TPSA) is 9.86 Å². The second kappa shape index (κ2) is 12.5. The predicted molar refractivity (Wildman–Crippen MR) is 254 cm³/mol. The lowest BCUT2D eigenvalue weighted by Crippen LogP contribution is -1.95. The lowest BCUT2D eigenvalue weighted by molar-refractivity contribution is 1.18. The zero-order valence-electron chi connectivity index (χ0n) is 31.9. The molecule has 0 amide bonds. The van der Waals surface area contributed by atoms with Crippen molar-refractivity contribution in [3.63, 3.8) is 0 Å². The lowest BCUT2D eigenvalue weighted by atomic mass is 9.96. The van der Waals surface area contributed by atoms with Gasteiger partial charge in [0.25, 0.3) is 0 Å². The smallest absolute Gasteiger partial charge is 0.0541 e. The molecule has 0 aliphatic heterocycles. The lowest BCUT2D eigenvalue weighted by Gasteiger charge is -2.14. The van der Waals surface area contributed by atoms with Crippen LogP contribution < -0.4 is 0 Å². The van der Waals surface area contributed by atoms with Crippen LogP contribution in [0.4, 0.5) is 0 Å². The fourth-order valence-corrected chi connectivity index (χ4v) is 11.0. The Labute approximate surface area is 344 Å². The molecule has 0 radical (unpaired) electrons. The van der Waals surface area contributed by atoms with Gasteiger partial charge in [0.2, 0.25) is 0 Å². The number of fused-ring (bicyclic) bond motifs is 12. The monoisotopic (exact) mass is 766 g/mol. The first-order valence-corrected chi connectivity index (χ1v) is 21.1.